The highest BCUT2D eigenvalue weighted by atomic mass is 79.9. The van der Waals surface area contributed by atoms with Crippen molar-refractivity contribution in [1.29, 1.82) is 0 Å². The molecule has 3 rings (SSSR count). The smallest absolute Gasteiger partial charge is 0.228 e. The molecule has 2 saturated heterocycles. The molecule has 4 nitrogen and oxygen atoms in total. The number of carbonyl (C=O) groups excluding carboxylic acids is 1. The van der Waals surface area contributed by atoms with E-state index in [0.29, 0.717) is 12.5 Å². The minimum absolute atomic E-state index is 0.252. The van der Waals surface area contributed by atoms with Gasteiger partial charge in [-0.05, 0) is 30.7 Å². The predicted molar refractivity (Wildman–Crippen MR) is 84.0 cm³/mol. The first-order chi connectivity index (χ1) is 9.74. The largest absolute Gasteiger partial charge is 0.314 e. The molecule has 0 spiro atoms. The lowest BCUT2D eigenvalue weighted by Crippen LogP contribution is -2.53. The van der Waals surface area contributed by atoms with E-state index in [1.54, 1.807) is 0 Å². The lowest BCUT2D eigenvalue weighted by atomic mass is 10.0. The van der Waals surface area contributed by atoms with E-state index < -0.39 is 0 Å². The molecule has 0 saturated carbocycles. The van der Waals surface area contributed by atoms with Crippen LogP contribution in [0.25, 0.3) is 0 Å². The Bertz CT molecular complexity index is 471. The van der Waals surface area contributed by atoms with E-state index in [4.69, 9.17) is 0 Å². The van der Waals surface area contributed by atoms with Gasteiger partial charge in [0.15, 0.2) is 0 Å². The molecular weight excluding hydrogens is 318 g/mol. The summed E-state index contributed by atoms with van der Waals surface area (Å²) in [5.41, 5.74) is 1.01. The summed E-state index contributed by atoms with van der Waals surface area (Å²) in [6.07, 6.45) is 1.72. The molecule has 2 aliphatic rings. The standard InChI is InChI=1S/C15H20BrN3O/c16-12-1-3-13(4-2-12)19-8-5-14(11-15(19)20)18-9-6-17-7-10-18/h1-4,14,17H,5-11H2. The number of halogens is 1. The lowest BCUT2D eigenvalue weighted by Gasteiger charge is -2.39. The Morgan fingerprint density at radius 2 is 1.80 bits per heavy atom. The monoisotopic (exact) mass is 337 g/mol. The number of carbonyl (C=O) groups is 1. The summed E-state index contributed by atoms with van der Waals surface area (Å²) >= 11 is 3.43. The fourth-order valence-electron chi connectivity index (χ4n) is 3.07. The normalized spacial score (nSPS) is 24.9. The quantitative estimate of drug-likeness (QED) is 0.894. The minimum Gasteiger partial charge on any atom is -0.314 e. The van der Waals surface area contributed by atoms with Gasteiger partial charge in [-0.1, -0.05) is 15.9 Å². The van der Waals surface area contributed by atoms with Crippen molar-refractivity contribution in [2.45, 2.75) is 18.9 Å². The molecule has 0 radical (unpaired) electrons. The topological polar surface area (TPSA) is 35.6 Å². The Hall–Kier alpha value is -0.910. The van der Waals surface area contributed by atoms with Gasteiger partial charge in [-0.25, -0.2) is 0 Å². The van der Waals surface area contributed by atoms with Crippen molar-refractivity contribution in [1.82, 2.24) is 10.2 Å². The Morgan fingerprint density at radius 1 is 1.10 bits per heavy atom. The predicted octanol–water partition coefficient (Wildman–Crippen LogP) is 1.85. The molecule has 2 heterocycles. The van der Waals surface area contributed by atoms with Gasteiger partial charge in [0.25, 0.3) is 0 Å². The van der Waals surface area contributed by atoms with Crippen LogP contribution < -0.4 is 10.2 Å². The molecule has 0 bridgehead atoms. The summed E-state index contributed by atoms with van der Waals surface area (Å²) in [5.74, 6) is 0.252. The molecule has 20 heavy (non-hydrogen) atoms. The van der Waals surface area contributed by atoms with Crippen LogP contribution in [0, 0.1) is 0 Å². The van der Waals surface area contributed by atoms with Crippen molar-refractivity contribution in [3.63, 3.8) is 0 Å². The minimum atomic E-state index is 0.252. The second kappa shape index (κ2) is 6.24. The fraction of sp³-hybridized carbons (Fsp3) is 0.533. The number of nitrogens with zero attached hydrogens (tertiary/aromatic N) is 2. The molecule has 0 aromatic heterocycles. The fourth-order valence-corrected chi connectivity index (χ4v) is 3.33. The van der Waals surface area contributed by atoms with Gasteiger partial charge in [0, 0.05) is 55.3 Å². The molecule has 108 valence electrons. The maximum Gasteiger partial charge on any atom is 0.228 e. The zero-order valence-corrected chi connectivity index (χ0v) is 13.1. The average Bonchev–Trinajstić information content (AvgIpc) is 2.49. The van der Waals surface area contributed by atoms with Crippen LogP contribution in [0.15, 0.2) is 28.7 Å². The number of anilines is 1. The van der Waals surface area contributed by atoms with Crippen LogP contribution >= 0.6 is 15.9 Å². The molecule has 1 aromatic rings. The van der Waals surface area contributed by atoms with Gasteiger partial charge in [0.05, 0.1) is 0 Å². The summed E-state index contributed by atoms with van der Waals surface area (Å²) < 4.78 is 1.05. The SMILES string of the molecule is O=C1CC(N2CCNCC2)CCN1c1ccc(Br)cc1. The van der Waals surface area contributed by atoms with E-state index in [2.05, 4.69) is 26.1 Å². The van der Waals surface area contributed by atoms with Crippen molar-refractivity contribution in [2.75, 3.05) is 37.6 Å². The summed E-state index contributed by atoms with van der Waals surface area (Å²) in [5, 5.41) is 3.36. The van der Waals surface area contributed by atoms with Crippen LogP contribution in [-0.4, -0.2) is 49.6 Å². The first-order valence-electron chi connectivity index (χ1n) is 7.25. The Kier molecular flexibility index (Phi) is 4.38. The molecule has 1 atom stereocenters. The van der Waals surface area contributed by atoms with Crippen LogP contribution in [0.4, 0.5) is 5.69 Å². The highest BCUT2D eigenvalue weighted by Gasteiger charge is 2.30. The van der Waals surface area contributed by atoms with Crippen LogP contribution in [0.2, 0.25) is 0 Å². The van der Waals surface area contributed by atoms with Crippen LogP contribution in [0.3, 0.4) is 0 Å². The molecule has 5 heteroatoms. The molecule has 2 aliphatic heterocycles. The lowest BCUT2D eigenvalue weighted by molar-refractivity contribution is -0.121. The number of amides is 1. The molecule has 1 unspecified atom stereocenters. The van der Waals surface area contributed by atoms with Gasteiger partial charge in [0.2, 0.25) is 5.91 Å². The summed E-state index contributed by atoms with van der Waals surface area (Å²) in [7, 11) is 0. The van der Waals surface area contributed by atoms with Crippen LogP contribution in [-0.2, 0) is 4.79 Å². The van der Waals surface area contributed by atoms with Crippen molar-refractivity contribution in [3.05, 3.63) is 28.7 Å². The maximum atomic E-state index is 12.4. The van der Waals surface area contributed by atoms with Crippen LogP contribution in [0.1, 0.15) is 12.8 Å². The summed E-state index contributed by atoms with van der Waals surface area (Å²) in [6.45, 7) is 5.05. The number of rotatable bonds is 2. The van der Waals surface area contributed by atoms with Gasteiger partial charge in [-0.15, -0.1) is 0 Å². The molecule has 1 amide bonds. The molecular formula is C15H20BrN3O. The highest BCUT2D eigenvalue weighted by molar-refractivity contribution is 9.10. The second-order valence-electron chi connectivity index (χ2n) is 5.45. The number of piperidine rings is 1. The number of hydrogen-bond acceptors (Lipinski definition) is 3. The van der Waals surface area contributed by atoms with Crippen molar-refractivity contribution in [3.8, 4) is 0 Å². The van der Waals surface area contributed by atoms with E-state index in [1.165, 1.54) is 0 Å². The van der Waals surface area contributed by atoms with Crippen molar-refractivity contribution < 1.29 is 4.79 Å². The van der Waals surface area contributed by atoms with E-state index in [1.807, 2.05) is 29.2 Å². The van der Waals surface area contributed by atoms with Gasteiger partial charge in [-0.2, -0.15) is 0 Å². The Balaban J connectivity index is 1.64. The number of nitrogens with one attached hydrogen (secondary N) is 1. The summed E-state index contributed by atoms with van der Waals surface area (Å²) in [6, 6.07) is 8.42. The molecule has 1 aromatic carbocycles. The van der Waals surface area contributed by atoms with Gasteiger partial charge >= 0.3 is 0 Å². The van der Waals surface area contributed by atoms with Gasteiger partial charge in [0.1, 0.15) is 0 Å². The van der Waals surface area contributed by atoms with Gasteiger partial charge < -0.3 is 10.2 Å². The Morgan fingerprint density at radius 3 is 2.45 bits per heavy atom. The number of benzene rings is 1. The number of piperazine rings is 1. The molecule has 0 aliphatic carbocycles. The Labute approximate surface area is 128 Å². The first kappa shape index (κ1) is 14.0. The van der Waals surface area contributed by atoms with E-state index in [0.717, 1.165) is 49.3 Å². The first-order valence-corrected chi connectivity index (χ1v) is 8.04. The van der Waals surface area contributed by atoms with E-state index in [-0.39, 0.29) is 5.91 Å². The highest BCUT2D eigenvalue weighted by Crippen LogP contribution is 2.25. The third-order valence-corrected chi connectivity index (χ3v) is 4.73. The average molecular weight is 338 g/mol. The third-order valence-electron chi connectivity index (χ3n) is 4.20. The van der Waals surface area contributed by atoms with E-state index in [9.17, 15) is 4.79 Å². The summed E-state index contributed by atoms with van der Waals surface area (Å²) in [4.78, 5) is 16.8. The zero-order chi connectivity index (χ0) is 13.9. The van der Waals surface area contributed by atoms with E-state index >= 15 is 0 Å². The molecule has 1 N–H and O–H groups in total. The second-order valence-corrected chi connectivity index (χ2v) is 6.37. The van der Waals surface area contributed by atoms with Crippen molar-refractivity contribution >= 4 is 27.5 Å². The maximum absolute atomic E-state index is 12.4. The third kappa shape index (κ3) is 3.05. The van der Waals surface area contributed by atoms with Crippen molar-refractivity contribution in [2.24, 2.45) is 0 Å². The zero-order valence-electron chi connectivity index (χ0n) is 11.5. The van der Waals surface area contributed by atoms with Crippen LogP contribution in [0.5, 0.6) is 0 Å². The van der Waals surface area contributed by atoms with Gasteiger partial charge in [-0.3, -0.25) is 9.69 Å². The molecule has 2 fully saturated rings. The number of hydrogen-bond donors (Lipinski definition) is 1.